The second-order valence-electron chi connectivity index (χ2n) is 28.1. The number of Topliss-reactive ketones (excluding diaryl/α,β-unsaturated/α-hetero) is 3. The van der Waals surface area contributed by atoms with Gasteiger partial charge in [0.05, 0.1) is 18.3 Å². The molecule has 13 heteroatoms. The van der Waals surface area contributed by atoms with Crippen molar-refractivity contribution < 1.29 is 64.5 Å². The van der Waals surface area contributed by atoms with Crippen LogP contribution in [0, 0.1) is 85.8 Å². The number of carbonyl (C=O) groups is 6. The molecule has 0 spiro atoms. The smallest absolute Gasteiger partial charge is 0.190 e. The number of aliphatic hydroxyl groups is 7. The van der Waals surface area contributed by atoms with Gasteiger partial charge in [0.15, 0.2) is 34.7 Å². The largest absolute Gasteiger partial charge is 0.393 e. The van der Waals surface area contributed by atoms with Gasteiger partial charge in [-0.15, -0.1) is 0 Å². The van der Waals surface area contributed by atoms with Crippen LogP contribution in [0.2, 0.25) is 0 Å². The van der Waals surface area contributed by atoms with Gasteiger partial charge in [-0.05, 0) is 175 Å². The number of carbonyl (C=O) groups excluding carboxylic acids is 6. The summed E-state index contributed by atoms with van der Waals surface area (Å²) in [5.41, 5.74) is -5.05. The minimum atomic E-state index is -1.60. The predicted molar refractivity (Wildman–Crippen MR) is 285 cm³/mol. The molecule has 9 fully saturated rings. The Balaban J connectivity index is 0.000000203. The van der Waals surface area contributed by atoms with E-state index in [1.807, 2.05) is 39.0 Å². The number of rotatable bonds is 8. The van der Waals surface area contributed by atoms with Gasteiger partial charge in [-0.25, -0.2) is 0 Å². The van der Waals surface area contributed by atoms with Crippen molar-refractivity contribution in [3.8, 4) is 0 Å². The number of hydrogen-bond acceptors (Lipinski definition) is 13. The summed E-state index contributed by atoms with van der Waals surface area (Å²) in [6.07, 6.45) is 22.9. The third-order valence-electron chi connectivity index (χ3n) is 25.3. The molecule has 21 atom stereocenters. The third-order valence-corrected chi connectivity index (χ3v) is 25.3. The molecule has 9 saturated carbocycles. The monoisotopic (exact) mass is 1060 g/mol. The van der Waals surface area contributed by atoms with Crippen molar-refractivity contribution in [2.75, 3.05) is 6.61 Å². The maximum atomic E-state index is 14.0. The van der Waals surface area contributed by atoms with Gasteiger partial charge in [0.1, 0.15) is 23.4 Å². The van der Waals surface area contributed by atoms with Crippen molar-refractivity contribution in [3.05, 3.63) is 71.4 Å². The molecule has 0 amide bonds. The zero-order chi connectivity index (χ0) is 55.4. The molecule has 12 aliphatic rings. The Kier molecular flexibility index (Phi) is 13.1. The summed E-state index contributed by atoms with van der Waals surface area (Å²) in [6.45, 7) is 11.5. The van der Waals surface area contributed by atoms with Gasteiger partial charge in [0.2, 0.25) is 0 Å². The van der Waals surface area contributed by atoms with E-state index in [9.17, 15) is 64.5 Å². The second kappa shape index (κ2) is 18.3. The minimum absolute atomic E-state index is 0.00912. The van der Waals surface area contributed by atoms with Crippen LogP contribution in [-0.4, -0.2) is 112 Å². The first-order chi connectivity index (χ1) is 36.1. The van der Waals surface area contributed by atoms with E-state index in [0.29, 0.717) is 51.4 Å². The van der Waals surface area contributed by atoms with Crippen LogP contribution >= 0.6 is 0 Å². The Hall–Kier alpha value is -3.82. The number of aliphatic hydroxyl groups excluding tert-OH is 4. The first-order valence-corrected chi connectivity index (χ1v) is 29.3. The van der Waals surface area contributed by atoms with E-state index in [2.05, 4.69) is 20.8 Å². The molecule has 418 valence electrons. The SMILES string of the molecule is C[C@]12C=CC(=O)C=C1CC[C@@H]1[C@@H]2[C@@H](O)C[C@@]2(C)[C@H]1CC[C@]2(O)C(=O)CCCC(=O)[C@@]1(O)CC[C@H]2[C@@H]3CCC4=CC(=O)C=C[C@]4(C)[C@H]3[C@@H](O)C[C@@]21C.C[C@]12C=CC(=O)C=C1CC[C@@H]1[C@@H]2[C@@H](O)C[C@@]2(C)[C@H]1CC[C@]2(O)C(=O)CO. The van der Waals surface area contributed by atoms with E-state index in [1.165, 1.54) is 0 Å². The Morgan fingerprint density at radius 1 is 0.468 bits per heavy atom. The van der Waals surface area contributed by atoms with E-state index in [0.717, 1.165) is 61.7 Å². The van der Waals surface area contributed by atoms with Gasteiger partial charge in [0.25, 0.3) is 0 Å². The molecular weight excluding hydrogens is 977 g/mol. The lowest BCUT2D eigenvalue weighted by atomic mass is 9.46. The summed E-state index contributed by atoms with van der Waals surface area (Å²) >= 11 is 0. The van der Waals surface area contributed by atoms with Crippen molar-refractivity contribution in [3.63, 3.8) is 0 Å². The fourth-order valence-corrected chi connectivity index (χ4v) is 21.3. The van der Waals surface area contributed by atoms with Crippen molar-refractivity contribution in [2.24, 2.45) is 85.8 Å². The van der Waals surface area contributed by atoms with Crippen LogP contribution in [0.25, 0.3) is 0 Å². The zero-order valence-corrected chi connectivity index (χ0v) is 46.1. The highest BCUT2D eigenvalue weighted by atomic mass is 16.3. The van der Waals surface area contributed by atoms with Gasteiger partial charge in [-0.1, -0.05) is 76.5 Å². The summed E-state index contributed by atoms with van der Waals surface area (Å²) in [6, 6.07) is 0. The Labute approximate surface area is 453 Å². The highest BCUT2D eigenvalue weighted by Crippen LogP contribution is 2.71. The van der Waals surface area contributed by atoms with Crippen LogP contribution in [-0.2, 0) is 28.8 Å². The molecule has 0 unspecified atom stereocenters. The summed E-state index contributed by atoms with van der Waals surface area (Å²) in [4.78, 5) is 76.6. The van der Waals surface area contributed by atoms with Gasteiger partial charge in [0, 0.05) is 63.1 Å². The lowest BCUT2D eigenvalue weighted by Gasteiger charge is -2.59. The van der Waals surface area contributed by atoms with E-state index in [-0.39, 0.29) is 107 Å². The molecule has 12 aliphatic carbocycles. The third kappa shape index (κ3) is 7.54. The second-order valence-corrected chi connectivity index (χ2v) is 28.1. The normalized spacial score (nSPS) is 50.6. The van der Waals surface area contributed by atoms with Crippen LogP contribution in [0.15, 0.2) is 71.4 Å². The summed E-state index contributed by atoms with van der Waals surface area (Å²) in [7, 11) is 0. The predicted octanol–water partition coefficient (Wildman–Crippen LogP) is 6.87. The van der Waals surface area contributed by atoms with E-state index >= 15 is 0 Å². The molecule has 0 heterocycles. The van der Waals surface area contributed by atoms with E-state index in [4.69, 9.17) is 0 Å². The summed E-state index contributed by atoms with van der Waals surface area (Å²) in [5.74, 6) is -0.645. The van der Waals surface area contributed by atoms with Crippen LogP contribution in [0.5, 0.6) is 0 Å². The van der Waals surface area contributed by atoms with Crippen molar-refractivity contribution >= 4 is 34.7 Å². The highest BCUT2D eigenvalue weighted by molar-refractivity contribution is 6.02. The number of allylic oxidation sites excluding steroid dienone is 12. The standard InChI is InChI=1S/C43H56O8.C21H28O5/c1-38-16-12-26(44)20-24(38)8-10-28-30-14-18-42(50,40(30,3)22-32(46)36(28)38)34(48)6-5-7-35(49)43(51)19-15-31-29-11-9-25-21-27(45)13-17-39(25,2)37(29)33(47)23-41(31,43)4;1-19-7-5-13(23)9-12(19)3-4-14-15-6-8-21(26,17(25)11-22)20(15,2)10-16(24)18(14)19/h12-13,16-17,20-21,28-33,36-37,46-47,50-51H,5-11,14-15,18-19,22-23H2,1-4H3;5,7,9,14-16,18,22,24,26H,3-4,6,8,10-11H2,1-2H3/t28-,29-,30-,31-,32-,33-,36+,37+,38-,39-,40-,41-,42-,43-;14-,15-,16-,18+,19-,20-,21-/m00/s1. The number of ketones is 6. The van der Waals surface area contributed by atoms with Crippen LogP contribution in [0.4, 0.5) is 0 Å². The molecular formula is C64H84O13. The molecule has 0 bridgehead atoms. The Morgan fingerprint density at radius 3 is 1.04 bits per heavy atom. The van der Waals surface area contributed by atoms with Crippen LogP contribution < -0.4 is 0 Å². The Morgan fingerprint density at radius 2 is 0.753 bits per heavy atom. The summed E-state index contributed by atoms with van der Waals surface area (Å²) in [5, 5.41) is 79.5. The molecule has 0 aliphatic heterocycles. The van der Waals surface area contributed by atoms with Gasteiger partial charge >= 0.3 is 0 Å². The van der Waals surface area contributed by atoms with Gasteiger partial charge in [-0.3, -0.25) is 28.8 Å². The molecule has 77 heavy (non-hydrogen) atoms. The molecule has 0 saturated heterocycles. The van der Waals surface area contributed by atoms with Crippen molar-refractivity contribution in [2.45, 2.75) is 192 Å². The van der Waals surface area contributed by atoms with Gasteiger partial charge in [-0.2, -0.15) is 0 Å². The average molecular weight is 1060 g/mol. The lowest BCUT2D eigenvalue weighted by molar-refractivity contribution is -0.178. The molecule has 13 nitrogen and oxygen atoms in total. The van der Waals surface area contributed by atoms with Crippen molar-refractivity contribution in [1.82, 2.24) is 0 Å². The number of hydrogen-bond donors (Lipinski definition) is 7. The fourth-order valence-electron chi connectivity index (χ4n) is 21.3. The molecule has 0 aromatic rings. The quantitative estimate of drug-likeness (QED) is 0.131. The lowest BCUT2D eigenvalue weighted by Crippen LogP contribution is -2.61. The molecule has 0 aromatic heterocycles. The maximum absolute atomic E-state index is 14.0. The van der Waals surface area contributed by atoms with Crippen LogP contribution in [0.3, 0.4) is 0 Å². The van der Waals surface area contributed by atoms with Gasteiger partial charge < -0.3 is 35.7 Å². The topological polar surface area (TPSA) is 244 Å². The first kappa shape index (κ1) is 55.1. The molecule has 0 radical (unpaired) electrons. The molecule has 12 rings (SSSR count). The fraction of sp³-hybridized carbons (Fsp3) is 0.719. The average Bonchev–Trinajstić information content (AvgIpc) is 4.20. The van der Waals surface area contributed by atoms with Crippen molar-refractivity contribution in [1.29, 1.82) is 0 Å². The van der Waals surface area contributed by atoms with E-state index < -0.39 is 74.6 Å². The highest BCUT2D eigenvalue weighted by Gasteiger charge is 2.71. The first-order valence-electron chi connectivity index (χ1n) is 29.3. The minimum Gasteiger partial charge on any atom is -0.393 e. The number of fused-ring (bicyclic) bond motifs is 15. The van der Waals surface area contributed by atoms with Crippen LogP contribution in [0.1, 0.15) is 157 Å². The van der Waals surface area contributed by atoms with E-state index in [1.54, 1.807) is 36.5 Å². The molecule has 0 aromatic carbocycles. The molecule has 7 N–H and O–H groups in total. The zero-order valence-electron chi connectivity index (χ0n) is 46.1. The maximum Gasteiger partial charge on any atom is 0.190 e. The summed E-state index contributed by atoms with van der Waals surface area (Å²) < 4.78 is 0. The Bertz CT molecular complexity index is 2640.